The summed E-state index contributed by atoms with van der Waals surface area (Å²) < 4.78 is 0. The van der Waals surface area contributed by atoms with Crippen LogP contribution in [0.25, 0.3) is 0 Å². The van der Waals surface area contributed by atoms with Crippen molar-refractivity contribution in [1.29, 1.82) is 5.26 Å². The first-order valence-corrected chi connectivity index (χ1v) is 4.88. The van der Waals surface area contributed by atoms with Crippen molar-refractivity contribution < 1.29 is 0 Å². The lowest BCUT2D eigenvalue weighted by Gasteiger charge is -2.07. The maximum absolute atomic E-state index is 8.89. The quantitative estimate of drug-likeness (QED) is 0.790. The topological polar surface area (TPSA) is 49.8 Å². The zero-order valence-electron chi connectivity index (χ0n) is 8.75. The molecular formula is C12H16N2. The van der Waals surface area contributed by atoms with Gasteiger partial charge >= 0.3 is 0 Å². The molecule has 0 heterocycles. The summed E-state index contributed by atoms with van der Waals surface area (Å²) in [4.78, 5) is 0. The molecule has 2 nitrogen and oxygen atoms in total. The average molecular weight is 188 g/mol. The number of hydrogen-bond donors (Lipinski definition) is 1. The zero-order valence-corrected chi connectivity index (χ0v) is 8.75. The third kappa shape index (κ3) is 2.86. The molecule has 0 bridgehead atoms. The molecule has 0 aliphatic carbocycles. The molecule has 0 aromatic heterocycles. The van der Waals surface area contributed by atoms with Gasteiger partial charge in [-0.25, -0.2) is 0 Å². The number of hydrogen-bond acceptors (Lipinski definition) is 2. The van der Waals surface area contributed by atoms with Crippen molar-refractivity contribution in [2.24, 2.45) is 5.73 Å². The number of rotatable bonds is 3. The van der Waals surface area contributed by atoms with E-state index in [1.807, 2.05) is 26.0 Å². The summed E-state index contributed by atoms with van der Waals surface area (Å²) in [6, 6.07) is 8.32. The minimum absolute atomic E-state index is 0.196. The molecule has 0 aliphatic rings. The van der Waals surface area contributed by atoms with Crippen LogP contribution >= 0.6 is 0 Å². The summed E-state index contributed by atoms with van der Waals surface area (Å²) in [6.45, 7) is 4.03. The van der Waals surface area contributed by atoms with Crippen LogP contribution in [0.5, 0.6) is 0 Å². The Morgan fingerprint density at radius 2 is 2.21 bits per heavy atom. The molecule has 2 N–H and O–H groups in total. The predicted molar refractivity (Wildman–Crippen MR) is 57.9 cm³/mol. The summed E-state index contributed by atoms with van der Waals surface area (Å²) in [5.74, 6) is 0. The summed E-state index contributed by atoms with van der Waals surface area (Å²) in [7, 11) is 0. The van der Waals surface area contributed by atoms with E-state index in [9.17, 15) is 0 Å². The predicted octanol–water partition coefficient (Wildman–Crippen LogP) is 2.15. The monoisotopic (exact) mass is 188 g/mol. The molecule has 0 saturated carbocycles. The maximum atomic E-state index is 8.89. The largest absolute Gasteiger partial charge is 0.328 e. The first-order chi connectivity index (χ1) is 6.63. The maximum Gasteiger partial charge on any atom is 0.0994 e. The SMILES string of the molecule is Cc1ccc(C#N)c(CCC(C)N)c1. The van der Waals surface area contributed by atoms with Gasteiger partial charge in [-0.2, -0.15) is 5.26 Å². The van der Waals surface area contributed by atoms with E-state index < -0.39 is 0 Å². The molecule has 1 rings (SSSR count). The van der Waals surface area contributed by atoms with E-state index in [1.165, 1.54) is 5.56 Å². The van der Waals surface area contributed by atoms with E-state index in [0.717, 1.165) is 24.0 Å². The molecule has 1 aromatic rings. The van der Waals surface area contributed by atoms with Crippen molar-refractivity contribution in [2.45, 2.75) is 32.7 Å². The lowest BCUT2D eigenvalue weighted by atomic mass is 9.99. The minimum Gasteiger partial charge on any atom is -0.328 e. The fraction of sp³-hybridized carbons (Fsp3) is 0.417. The Kier molecular flexibility index (Phi) is 3.67. The zero-order chi connectivity index (χ0) is 10.6. The van der Waals surface area contributed by atoms with Crippen LogP contribution in [-0.4, -0.2) is 6.04 Å². The lowest BCUT2D eigenvalue weighted by Crippen LogP contribution is -2.15. The molecule has 0 fully saturated rings. The van der Waals surface area contributed by atoms with E-state index in [2.05, 4.69) is 12.1 Å². The van der Waals surface area contributed by atoms with Gasteiger partial charge in [0.15, 0.2) is 0 Å². The van der Waals surface area contributed by atoms with E-state index >= 15 is 0 Å². The van der Waals surface area contributed by atoms with Gasteiger partial charge in [0.05, 0.1) is 11.6 Å². The Morgan fingerprint density at radius 1 is 1.50 bits per heavy atom. The summed E-state index contributed by atoms with van der Waals surface area (Å²) >= 11 is 0. The fourth-order valence-electron chi connectivity index (χ4n) is 1.42. The van der Waals surface area contributed by atoms with E-state index in [1.54, 1.807) is 0 Å². The van der Waals surface area contributed by atoms with Crippen LogP contribution in [-0.2, 0) is 6.42 Å². The van der Waals surface area contributed by atoms with E-state index in [4.69, 9.17) is 11.0 Å². The molecular weight excluding hydrogens is 172 g/mol. The van der Waals surface area contributed by atoms with Gasteiger partial charge in [0.2, 0.25) is 0 Å². The molecule has 1 atom stereocenters. The van der Waals surface area contributed by atoms with Crippen molar-refractivity contribution in [3.63, 3.8) is 0 Å². The summed E-state index contributed by atoms with van der Waals surface area (Å²) in [5, 5.41) is 8.89. The molecule has 0 radical (unpaired) electrons. The van der Waals surface area contributed by atoms with Gasteiger partial charge in [-0.1, -0.05) is 17.7 Å². The molecule has 74 valence electrons. The normalized spacial score (nSPS) is 12.1. The molecule has 0 saturated heterocycles. The van der Waals surface area contributed by atoms with Crippen molar-refractivity contribution >= 4 is 0 Å². The third-order valence-corrected chi connectivity index (χ3v) is 2.25. The van der Waals surface area contributed by atoms with E-state index in [0.29, 0.717) is 0 Å². The number of nitriles is 1. The molecule has 0 spiro atoms. The highest BCUT2D eigenvalue weighted by Gasteiger charge is 2.03. The van der Waals surface area contributed by atoms with Crippen molar-refractivity contribution in [3.8, 4) is 6.07 Å². The van der Waals surface area contributed by atoms with Gasteiger partial charge in [-0.3, -0.25) is 0 Å². The highest BCUT2D eigenvalue weighted by molar-refractivity contribution is 5.40. The summed E-state index contributed by atoms with van der Waals surface area (Å²) in [5.41, 5.74) is 8.77. The second kappa shape index (κ2) is 4.78. The Morgan fingerprint density at radius 3 is 2.79 bits per heavy atom. The first-order valence-electron chi connectivity index (χ1n) is 4.88. The van der Waals surface area contributed by atoms with E-state index in [-0.39, 0.29) is 6.04 Å². The molecule has 0 amide bonds. The molecule has 14 heavy (non-hydrogen) atoms. The number of benzene rings is 1. The Labute approximate surface area is 85.4 Å². The van der Waals surface area contributed by atoms with Crippen LogP contribution in [0.2, 0.25) is 0 Å². The van der Waals surface area contributed by atoms with Crippen LogP contribution in [0.4, 0.5) is 0 Å². The van der Waals surface area contributed by atoms with Gasteiger partial charge in [0.1, 0.15) is 0 Å². The summed E-state index contributed by atoms with van der Waals surface area (Å²) in [6.07, 6.45) is 1.82. The highest BCUT2D eigenvalue weighted by atomic mass is 14.6. The standard InChI is InChI=1S/C12H16N2/c1-9-3-5-12(8-13)11(7-9)6-4-10(2)14/h3,5,7,10H,4,6,14H2,1-2H3. The van der Waals surface area contributed by atoms with Crippen molar-refractivity contribution in [2.75, 3.05) is 0 Å². The van der Waals surface area contributed by atoms with Crippen LogP contribution in [0.3, 0.4) is 0 Å². The average Bonchev–Trinajstić information content (AvgIpc) is 2.15. The molecule has 1 unspecified atom stereocenters. The van der Waals surface area contributed by atoms with Crippen molar-refractivity contribution in [1.82, 2.24) is 0 Å². The fourth-order valence-corrected chi connectivity index (χ4v) is 1.42. The van der Waals surface area contributed by atoms with Crippen LogP contribution < -0.4 is 5.73 Å². The lowest BCUT2D eigenvalue weighted by molar-refractivity contribution is 0.665. The second-order valence-electron chi connectivity index (χ2n) is 3.79. The molecule has 2 heteroatoms. The van der Waals surface area contributed by atoms with Gasteiger partial charge in [-0.05, 0) is 38.3 Å². The Balaban J connectivity index is 2.84. The number of nitrogens with zero attached hydrogens (tertiary/aromatic N) is 1. The highest BCUT2D eigenvalue weighted by Crippen LogP contribution is 2.13. The van der Waals surface area contributed by atoms with Crippen LogP contribution in [0.1, 0.15) is 30.0 Å². The van der Waals surface area contributed by atoms with Gasteiger partial charge in [0, 0.05) is 6.04 Å². The molecule has 1 aromatic carbocycles. The Bertz CT molecular complexity index is 348. The third-order valence-electron chi connectivity index (χ3n) is 2.25. The number of nitrogens with two attached hydrogens (primary N) is 1. The first kappa shape index (κ1) is 10.7. The Hall–Kier alpha value is -1.33. The van der Waals surface area contributed by atoms with Gasteiger partial charge in [0.25, 0.3) is 0 Å². The smallest absolute Gasteiger partial charge is 0.0994 e. The van der Waals surface area contributed by atoms with Gasteiger partial charge < -0.3 is 5.73 Å². The second-order valence-corrected chi connectivity index (χ2v) is 3.79. The minimum atomic E-state index is 0.196. The van der Waals surface area contributed by atoms with Crippen LogP contribution in [0, 0.1) is 18.3 Å². The molecule has 0 aliphatic heterocycles. The number of aryl methyl sites for hydroxylation is 2. The van der Waals surface area contributed by atoms with Crippen LogP contribution in [0.15, 0.2) is 18.2 Å². The van der Waals surface area contributed by atoms with Crippen molar-refractivity contribution in [3.05, 3.63) is 34.9 Å². The van der Waals surface area contributed by atoms with Gasteiger partial charge in [-0.15, -0.1) is 0 Å².